The fraction of sp³-hybridized carbons (Fsp3) is 0.487. The maximum Gasteiger partial charge on any atom is 0.245 e. The summed E-state index contributed by atoms with van der Waals surface area (Å²) < 4.78 is 0. The van der Waals surface area contributed by atoms with Gasteiger partial charge in [-0.15, -0.1) is 0 Å². The minimum atomic E-state index is -1.05. The summed E-state index contributed by atoms with van der Waals surface area (Å²) >= 11 is 0. The Morgan fingerprint density at radius 2 is 1.42 bits per heavy atom. The molecule has 3 aliphatic rings. The van der Waals surface area contributed by atoms with E-state index in [2.05, 4.69) is 20.9 Å². The minimum Gasteiger partial charge on any atom is -0.361 e. The van der Waals surface area contributed by atoms with E-state index in [1.165, 1.54) is 16.8 Å². The van der Waals surface area contributed by atoms with Gasteiger partial charge in [-0.25, -0.2) is 0 Å². The van der Waals surface area contributed by atoms with Crippen LogP contribution >= 0.6 is 0 Å². The summed E-state index contributed by atoms with van der Waals surface area (Å²) in [4.78, 5) is 89.8. The average Bonchev–Trinajstić information content (AvgIpc) is 3.54. The molecule has 1 aliphatic carbocycles. The second kappa shape index (κ2) is 16.4. The Kier molecular flexibility index (Phi) is 11.6. The van der Waals surface area contributed by atoms with Crippen LogP contribution in [0.1, 0.15) is 50.2 Å². The van der Waals surface area contributed by atoms with Crippen molar-refractivity contribution in [3.05, 3.63) is 71.9 Å². The first kappa shape index (κ1) is 36.6. The number of likely N-dealkylation sites (N-methyl/N-ethyl adjacent to an activating group) is 1. The molecule has 6 rings (SSSR count). The van der Waals surface area contributed by atoms with Gasteiger partial charge in [0, 0.05) is 75.0 Å². The van der Waals surface area contributed by atoms with Gasteiger partial charge < -0.3 is 35.6 Å². The molecule has 0 unspecified atom stereocenters. The minimum absolute atomic E-state index is 0.0442. The number of nitrogens with one attached hydrogen (secondary N) is 4. The van der Waals surface area contributed by atoms with E-state index in [9.17, 15) is 28.8 Å². The van der Waals surface area contributed by atoms with E-state index in [1.54, 1.807) is 13.1 Å². The molecule has 276 valence electrons. The third kappa shape index (κ3) is 8.46. The SMILES string of the molecule is C[C@H]1C(=O)N[C@@H](Cc2ccccc2)C(=O)NCCN(C(=O)C2CCN(C(=O)C3CCC3)CC2)CC(=O)N[C@@H](Cc2c[nH]c3ccccc23)C(=O)N1C. The predicted molar refractivity (Wildman–Crippen MR) is 194 cm³/mol. The van der Waals surface area contributed by atoms with Crippen molar-refractivity contribution in [3.8, 4) is 0 Å². The van der Waals surface area contributed by atoms with Crippen LogP contribution in [-0.4, -0.2) is 113 Å². The summed E-state index contributed by atoms with van der Waals surface area (Å²) in [5.41, 5.74) is 2.53. The van der Waals surface area contributed by atoms with Crippen LogP contribution in [0.15, 0.2) is 60.8 Å². The largest absolute Gasteiger partial charge is 0.361 e. The number of benzene rings is 2. The van der Waals surface area contributed by atoms with Crippen molar-refractivity contribution < 1.29 is 28.8 Å². The molecule has 0 bridgehead atoms. The zero-order valence-electron chi connectivity index (χ0n) is 29.9. The average molecular weight is 712 g/mol. The van der Waals surface area contributed by atoms with Gasteiger partial charge in [0.2, 0.25) is 35.4 Å². The Labute approximate surface area is 303 Å². The lowest BCUT2D eigenvalue weighted by Gasteiger charge is -2.37. The van der Waals surface area contributed by atoms with E-state index < -0.39 is 47.7 Å². The molecule has 1 saturated carbocycles. The maximum atomic E-state index is 14.1. The predicted octanol–water partition coefficient (Wildman–Crippen LogP) is 1.77. The molecule has 3 atom stereocenters. The van der Waals surface area contributed by atoms with Gasteiger partial charge in [0.15, 0.2) is 0 Å². The number of aromatic amines is 1. The standard InChI is InChI=1S/C39H49N7O6/c1-25-35(48)43-32(21-26-9-4-3-5-10-26)36(49)40-17-20-46(38(51)28-15-18-45(19-16-28)37(50)27-11-8-12-27)24-34(47)42-33(39(52)44(25)2)22-29-23-41-31-14-7-6-13-30(29)31/h3-7,9-10,13-14,23,25,27-28,32-33,41H,8,11-12,15-22,24H2,1-2H3,(H,40,49)(H,42,47)(H,43,48)/t25-,32-,33-/m0/s1. The van der Waals surface area contributed by atoms with Crippen molar-refractivity contribution in [1.29, 1.82) is 0 Å². The van der Waals surface area contributed by atoms with E-state index in [-0.39, 0.29) is 50.2 Å². The van der Waals surface area contributed by atoms with Crippen LogP contribution in [0, 0.1) is 11.8 Å². The Hall–Kier alpha value is -5.20. The number of hydrogen-bond acceptors (Lipinski definition) is 6. The quantitative estimate of drug-likeness (QED) is 0.305. The number of fused-ring (bicyclic) bond motifs is 1. The zero-order chi connectivity index (χ0) is 36.8. The number of carbonyl (C=O) groups is 6. The fourth-order valence-corrected chi connectivity index (χ4v) is 7.32. The third-order valence-corrected chi connectivity index (χ3v) is 10.9. The molecule has 0 spiro atoms. The Morgan fingerprint density at radius 3 is 2.13 bits per heavy atom. The van der Waals surface area contributed by atoms with Crippen molar-refractivity contribution in [2.24, 2.45) is 11.8 Å². The van der Waals surface area contributed by atoms with Gasteiger partial charge in [0.05, 0.1) is 6.54 Å². The molecule has 2 aliphatic heterocycles. The molecular weight excluding hydrogens is 662 g/mol. The Bertz CT molecular complexity index is 1780. The first-order valence-electron chi connectivity index (χ1n) is 18.4. The van der Waals surface area contributed by atoms with Crippen molar-refractivity contribution in [3.63, 3.8) is 0 Å². The summed E-state index contributed by atoms with van der Waals surface area (Å²) in [5.74, 6) is -2.34. The molecule has 13 nitrogen and oxygen atoms in total. The highest BCUT2D eigenvalue weighted by Gasteiger charge is 2.37. The second-order valence-electron chi connectivity index (χ2n) is 14.3. The Morgan fingerprint density at radius 1 is 0.750 bits per heavy atom. The van der Waals surface area contributed by atoms with Crippen LogP contribution in [0.5, 0.6) is 0 Å². The Balaban J connectivity index is 1.24. The number of piperidine rings is 1. The number of likely N-dealkylation sites (tertiary alicyclic amines) is 1. The number of aromatic nitrogens is 1. The highest BCUT2D eigenvalue weighted by Crippen LogP contribution is 2.30. The number of H-pyrrole nitrogens is 1. The fourth-order valence-electron chi connectivity index (χ4n) is 7.32. The van der Waals surface area contributed by atoms with Gasteiger partial charge in [0.1, 0.15) is 18.1 Å². The summed E-state index contributed by atoms with van der Waals surface area (Å²) in [6.45, 7) is 2.31. The summed E-state index contributed by atoms with van der Waals surface area (Å²) in [6, 6.07) is 14.0. The van der Waals surface area contributed by atoms with Crippen molar-refractivity contribution >= 4 is 46.3 Å². The number of rotatable bonds is 6. The van der Waals surface area contributed by atoms with Crippen LogP contribution in [0.2, 0.25) is 0 Å². The van der Waals surface area contributed by atoms with Crippen LogP contribution < -0.4 is 16.0 Å². The molecule has 3 fully saturated rings. The highest BCUT2D eigenvalue weighted by atomic mass is 16.2. The number of hydrogen-bond donors (Lipinski definition) is 4. The molecule has 4 N–H and O–H groups in total. The molecule has 3 heterocycles. The van der Waals surface area contributed by atoms with E-state index in [4.69, 9.17) is 0 Å². The van der Waals surface area contributed by atoms with Crippen molar-refractivity contribution in [2.45, 2.75) is 70.0 Å². The zero-order valence-corrected chi connectivity index (χ0v) is 29.9. The lowest BCUT2D eigenvalue weighted by molar-refractivity contribution is -0.145. The highest BCUT2D eigenvalue weighted by molar-refractivity contribution is 5.95. The number of para-hydroxylation sites is 1. The van der Waals surface area contributed by atoms with E-state index in [0.717, 1.165) is 41.3 Å². The smallest absolute Gasteiger partial charge is 0.245 e. The van der Waals surface area contributed by atoms with Gasteiger partial charge >= 0.3 is 0 Å². The summed E-state index contributed by atoms with van der Waals surface area (Å²) in [5, 5.41) is 9.50. The van der Waals surface area contributed by atoms with E-state index in [1.807, 2.05) is 59.5 Å². The molecule has 13 heteroatoms. The van der Waals surface area contributed by atoms with Crippen molar-refractivity contribution in [2.75, 3.05) is 39.8 Å². The monoisotopic (exact) mass is 711 g/mol. The maximum absolute atomic E-state index is 14.1. The molecule has 0 radical (unpaired) electrons. The summed E-state index contributed by atoms with van der Waals surface area (Å²) in [7, 11) is 1.50. The normalized spacial score (nSPS) is 23.3. The number of carbonyl (C=O) groups excluding carboxylic acids is 6. The first-order valence-corrected chi connectivity index (χ1v) is 18.4. The summed E-state index contributed by atoms with van der Waals surface area (Å²) in [6.07, 6.45) is 6.04. The topological polar surface area (TPSA) is 164 Å². The number of nitrogens with zero attached hydrogens (tertiary/aromatic N) is 3. The first-order chi connectivity index (χ1) is 25.1. The molecule has 2 aromatic carbocycles. The van der Waals surface area contributed by atoms with Crippen LogP contribution in [0.4, 0.5) is 0 Å². The molecular formula is C39H49N7O6. The second-order valence-corrected chi connectivity index (χ2v) is 14.3. The van der Waals surface area contributed by atoms with Crippen molar-refractivity contribution in [1.82, 2.24) is 35.6 Å². The van der Waals surface area contributed by atoms with Crippen LogP contribution in [-0.2, 0) is 41.6 Å². The van der Waals surface area contributed by atoms with Gasteiger partial charge in [-0.1, -0.05) is 55.0 Å². The lowest BCUT2D eigenvalue weighted by atomic mass is 9.83. The van der Waals surface area contributed by atoms with Gasteiger partial charge in [-0.2, -0.15) is 0 Å². The van der Waals surface area contributed by atoms with Gasteiger partial charge in [-0.05, 0) is 49.8 Å². The third-order valence-electron chi connectivity index (χ3n) is 10.9. The lowest BCUT2D eigenvalue weighted by Crippen LogP contribution is -2.57. The van der Waals surface area contributed by atoms with Crippen LogP contribution in [0.3, 0.4) is 0 Å². The molecule has 52 heavy (non-hydrogen) atoms. The molecule has 1 aromatic heterocycles. The van der Waals surface area contributed by atoms with Gasteiger partial charge in [0.25, 0.3) is 0 Å². The number of amides is 6. The van der Waals surface area contributed by atoms with Crippen LogP contribution in [0.25, 0.3) is 10.9 Å². The van der Waals surface area contributed by atoms with E-state index >= 15 is 0 Å². The molecule has 3 aromatic rings. The van der Waals surface area contributed by atoms with E-state index in [0.29, 0.717) is 25.9 Å². The molecule has 2 saturated heterocycles. The van der Waals surface area contributed by atoms with Gasteiger partial charge in [-0.3, -0.25) is 28.8 Å². The molecule has 6 amide bonds.